The first-order chi connectivity index (χ1) is 13.8. The minimum absolute atomic E-state index is 0.454. The fraction of sp³-hybridized carbons (Fsp3) is 0.364. The molecule has 2 bridgehead atoms. The minimum atomic E-state index is 0.454. The Balaban J connectivity index is 0.000000145. The zero-order chi connectivity index (χ0) is 18.9. The molecule has 28 heavy (non-hydrogen) atoms. The van der Waals surface area contributed by atoms with Crippen molar-refractivity contribution in [3.63, 3.8) is 0 Å². The molecule has 3 fully saturated rings. The van der Waals surface area contributed by atoms with Gasteiger partial charge in [0.2, 0.25) is 0 Å². The molecule has 3 aliphatic rings. The Labute approximate surface area is 163 Å². The van der Waals surface area contributed by atoms with Crippen molar-refractivity contribution in [2.75, 3.05) is 25.4 Å². The van der Waals surface area contributed by atoms with Crippen molar-refractivity contribution >= 4 is 27.8 Å². The van der Waals surface area contributed by atoms with Crippen LogP contribution in [0.25, 0.3) is 21.9 Å². The number of para-hydroxylation sites is 2. The zero-order valence-electron chi connectivity index (χ0n) is 15.8. The van der Waals surface area contributed by atoms with E-state index in [-0.39, 0.29) is 0 Å². The van der Waals surface area contributed by atoms with Gasteiger partial charge in [-0.1, -0.05) is 34.6 Å². The van der Waals surface area contributed by atoms with Crippen LogP contribution < -0.4 is 5.73 Å². The second-order valence-electron chi connectivity index (χ2n) is 7.79. The molecule has 3 saturated heterocycles. The number of nitrogens with two attached hydrogens (primary N) is 1. The number of aromatic nitrogens is 2. The van der Waals surface area contributed by atoms with E-state index in [1.807, 2.05) is 36.4 Å². The normalized spacial score (nSPS) is 23.6. The topological polar surface area (TPSA) is 81.3 Å². The number of hydrogen-bond acceptors (Lipinski definition) is 6. The standard InChI is InChI=1S/C15H18N2O.C7H6N2O/c1-2-4-15-13(3-1)14(16-18-15)9-12-10-17-7-5-11(12)6-8-17;8-7-5-3-1-2-4-6(5)10-9-7/h1-4,11-12H,5-10H2;1-4H,(H2,8,9). The maximum Gasteiger partial charge on any atom is 0.174 e. The van der Waals surface area contributed by atoms with Crippen molar-refractivity contribution in [1.29, 1.82) is 0 Å². The molecule has 2 aromatic carbocycles. The molecule has 4 aromatic rings. The van der Waals surface area contributed by atoms with Gasteiger partial charge in [-0.2, -0.15) is 0 Å². The van der Waals surface area contributed by atoms with E-state index in [2.05, 4.69) is 27.3 Å². The summed E-state index contributed by atoms with van der Waals surface area (Å²) in [6.07, 6.45) is 3.83. The third kappa shape index (κ3) is 3.24. The molecule has 6 nitrogen and oxygen atoms in total. The lowest BCUT2D eigenvalue weighted by Crippen LogP contribution is -2.48. The number of rotatable bonds is 2. The first kappa shape index (κ1) is 17.3. The Morgan fingerprint density at radius 3 is 2.21 bits per heavy atom. The quantitative estimate of drug-likeness (QED) is 0.567. The fourth-order valence-electron chi connectivity index (χ4n) is 4.56. The molecule has 0 spiro atoms. The van der Waals surface area contributed by atoms with Crippen LogP contribution in [-0.2, 0) is 6.42 Å². The van der Waals surface area contributed by atoms with E-state index < -0.39 is 0 Å². The number of nitrogen functional groups attached to an aromatic ring is 1. The van der Waals surface area contributed by atoms with Crippen molar-refractivity contribution in [2.24, 2.45) is 11.8 Å². The highest BCUT2D eigenvalue weighted by molar-refractivity contribution is 5.86. The Hall–Kier alpha value is -2.86. The predicted octanol–water partition coefficient (Wildman–Crippen LogP) is 4.12. The van der Waals surface area contributed by atoms with Crippen LogP contribution in [0.3, 0.4) is 0 Å². The summed E-state index contributed by atoms with van der Waals surface area (Å²) in [6, 6.07) is 15.7. The Bertz CT molecular complexity index is 1080. The number of piperidine rings is 3. The predicted molar refractivity (Wildman–Crippen MR) is 109 cm³/mol. The van der Waals surface area contributed by atoms with Gasteiger partial charge in [0.1, 0.15) is 0 Å². The average molecular weight is 376 g/mol. The molecule has 0 radical (unpaired) electrons. The van der Waals surface area contributed by atoms with Crippen LogP contribution in [-0.4, -0.2) is 34.8 Å². The Morgan fingerprint density at radius 2 is 1.54 bits per heavy atom. The summed E-state index contributed by atoms with van der Waals surface area (Å²) in [4.78, 5) is 2.60. The maximum absolute atomic E-state index is 5.47. The molecule has 0 saturated carbocycles. The molecule has 0 aliphatic carbocycles. The third-order valence-corrected chi connectivity index (χ3v) is 6.10. The van der Waals surface area contributed by atoms with Gasteiger partial charge in [0.15, 0.2) is 17.0 Å². The van der Waals surface area contributed by atoms with Gasteiger partial charge < -0.3 is 19.7 Å². The number of hydrogen-bond donors (Lipinski definition) is 1. The van der Waals surface area contributed by atoms with Crippen LogP contribution in [0.2, 0.25) is 0 Å². The molecule has 2 aromatic heterocycles. The van der Waals surface area contributed by atoms with Crippen LogP contribution in [0.4, 0.5) is 5.82 Å². The van der Waals surface area contributed by atoms with Crippen LogP contribution in [0.1, 0.15) is 18.5 Å². The zero-order valence-corrected chi connectivity index (χ0v) is 15.8. The molecule has 7 rings (SSSR count). The van der Waals surface area contributed by atoms with Crippen molar-refractivity contribution in [2.45, 2.75) is 19.3 Å². The second-order valence-corrected chi connectivity index (χ2v) is 7.79. The van der Waals surface area contributed by atoms with Gasteiger partial charge in [0.05, 0.1) is 11.1 Å². The molecule has 6 heteroatoms. The van der Waals surface area contributed by atoms with Crippen molar-refractivity contribution in [1.82, 2.24) is 15.2 Å². The summed E-state index contributed by atoms with van der Waals surface area (Å²) in [6.45, 7) is 3.87. The lowest BCUT2D eigenvalue weighted by molar-refractivity contribution is 0.0506. The molecular weight excluding hydrogens is 352 g/mol. The summed E-state index contributed by atoms with van der Waals surface area (Å²) < 4.78 is 10.3. The SMILES string of the molecule is Nc1noc2ccccc12.c1ccc2c(CC3CN4CCC3CC4)noc2c1. The lowest BCUT2D eigenvalue weighted by Gasteiger charge is -2.44. The van der Waals surface area contributed by atoms with E-state index in [0.717, 1.165) is 40.5 Å². The first-order valence-corrected chi connectivity index (χ1v) is 9.93. The summed E-state index contributed by atoms with van der Waals surface area (Å²) in [7, 11) is 0. The summed E-state index contributed by atoms with van der Waals surface area (Å²) >= 11 is 0. The fourth-order valence-corrected chi connectivity index (χ4v) is 4.56. The number of benzene rings is 2. The minimum Gasteiger partial charge on any atom is -0.380 e. The maximum atomic E-state index is 5.47. The molecule has 144 valence electrons. The van der Waals surface area contributed by atoms with Crippen LogP contribution in [0.15, 0.2) is 57.6 Å². The molecule has 5 heterocycles. The molecule has 1 atom stereocenters. The van der Waals surface area contributed by atoms with Crippen LogP contribution in [0, 0.1) is 11.8 Å². The van der Waals surface area contributed by atoms with Crippen LogP contribution in [0.5, 0.6) is 0 Å². The summed E-state index contributed by atoms with van der Waals surface area (Å²) in [5.41, 5.74) is 8.29. The first-order valence-electron chi connectivity index (χ1n) is 9.93. The molecular formula is C22H24N4O2. The van der Waals surface area contributed by atoms with Gasteiger partial charge in [-0.15, -0.1) is 0 Å². The van der Waals surface area contributed by atoms with E-state index in [4.69, 9.17) is 14.8 Å². The van der Waals surface area contributed by atoms with E-state index in [1.54, 1.807) is 0 Å². The van der Waals surface area contributed by atoms with Gasteiger partial charge in [-0.25, -0.2) is 0 Å². The largest absolute Gasteiger partial charge is 0.380 e. The van der Waals surface area contributed by atoms with E-state index in [9.17, 15) is 0 Å². The number of fused-ring (bicyclic) bond motifs is 5. The number of anilines is 1. The second kappa shape index (κ2) is 7.28. The van der Waals surface area contributed by atoms with Gasteiger partial charge in [0.25, 0.3) is 0 Å². The van der Waals surface area contributed by atoms with Crippen LogP contribution >= 0.6 is 0 Å². The summed E-state index contributed by atoms with van der Waals surface area (Å²) in [5, 5.41) is 9.96. The van der Waals surface area contributed by atoms with E-state index in [0.29, 0.717) is 5.82 Å². The molecule has 3 aliphatic heterocycles. The Kier molecular flexibility index (Phi) is 4.49. The smallest absolute Gasteiger partial charge is 0.174 e. The van der Waals surface area contributed by atoms with Crippen molar-refractivity contribution in [3.05, 3.63) is 54.2 Å². The van der Waals surface area contributed by atoms with Gasteiger partial charge in [0, 0.05) is 11.9 Å². The van der Waals surface area contributed by atoms with Gasteiger partial charge in [-0.3, -0.25) is 0 Å². The monoisotopic (exact) mass is 376 g/mol. The van der Waals surface area contributed by atoms with E-state index in [1.165, 1.54) is 37.9 Å². The molecule has 1 unspecified atom stereocenters. The van der Waals surface area contributed by atoms with E-state index >= 15 is 0 Å². The highest BCUT2D eigenvalue weighted by Crippen LogP contribution is 2.35. The van der Waals surface area contributed by atoms with Crippen molar-refractivity contribution < 1.29 is 9.05 Å². The highest BCUT2D eigenvalue weighted by atomic mass is 16.5. The Morgan fingerprint density at radius 1 is 0.893 bits per heavy atom. The molecule has 2 N–H and O–H groups in total. The van der Waals surface area contributed by atoms with Crippen molar-refractivity contribution in [3.8, 4) is 0 Å². The highest BCUT2D eigenvalue weighted by Gasteiger charge is 2.34. The number of nitrogens with zero attached hydrogens (tertiary/aromatic N) is 3. The van der Waals surface area contributed by atoms with Gasteiger partial charge >= 0.3 is 0 Å². The lowest BCUT2D eigenvalue weighted by atomic mass is 9.77. The van der Waals surface area contributed by atoms with Gasteiger partial charge in [-0.05, 0) is 68.5 Å². The third-order valence-electron chi connectivity index (χ3n) is 6.10. The summed E-state index contributed by atoms with van der Waals surface area (Å²) in [5.74, 6) is 2.14. The molecule has 0 amide bonds. The average Bonchev–Trinajstić information content (AvgIpc) is 3.34.